The summed E-state index contributed by atoms with van der Waals surface area (Å²) in [5.74, 6) is -6.85. The van der Waals surface area contributed by atoms with Crippen molar-refractivity contribution in [2.75, 3.05) is 11.4 Å². The quantitative estimate of drug-likeness (QED) is 0.0704. The summed E-state index contributed by atoms with van der Waals surface area (Å²) in [4.78, 5) is 1.44. The Morgan fingerprint density at radius 2 is 1.39 bits per heavy atom. The molecule has 2 nitrogen and oxygen atoms in total. The van der Waals surface area contributed by atoms with Gasteiger partial charge in [0, 0.05) is 41.5 Å². The third kappa shape index (κ3) is 11.3. The van der Waals surface area contributed by atoms with Crippen LogP contribution in [0.4, 0.5) is 27.1 Å². The fourth-order valence-electron chi connectivity index (χ4n) is 5.98. The smallest absolute Gasteiger partial charge is 0.198 e. The molecule has 4 aromatic rings. The highest BCUT2D eigenvalue weighted by atomic mass is 35.5. The molecule has 0 aromatic heterocycles. The van der Waals surface area contributed by atoms with Crippen LogP contribution in [0.1, 0.15) is 105 Å². The average molecular weight is 745 g/mol. The van der Waals surface area contributed by atoms with Gasteiger partial charge in [0.25, 0.3) is 0 Å². The monoisotopic (exact) mass is 744 g/mol. The van der Waals surface area contributed by atoms with E-state index >= 15 is 0 Å². The van der Waals surface area contributed by atoms with Gasteiger partial charge in [-0.05, 0) is 77.1 Å². The SMILES string of the molecule is C=C(CN)N(Cc1cc(CCC)cc(CCC)c1)c1ccc(C(C)C)cc1CCCC.FSc1c(F)c(F)c(F)c(F)c1Cc1ccccc1Cl. The van der Waals surface area contributed by atoms with Crippen LogP contribution < -0.4 is 10.6 Å². The van der Waals surface area contributed by atoms with Crippen molar-refractivity contribution in [1.29, 1.82) is 0 Å². The van der Waals surface area contributed by atoms with Gasteiger partial charge in [-0.3, -0.25) is 0 Å². The molecule has 51 heavy (non-hydrogen) atoms. The Morgan fingerprint density at radius 1 is 0.784 bits per heavy atom. The molecular weight excluding hydrogens is 695 g/mol. The molecule has 4 aromatic carbocycles. The summed E-state index contributed by atoms with van der Waals surface area (Å²) in [5, 5.41) is 0.229. The van der Waals surface area contributed by atoms with E-state index in [9.17, 15) is 21.4 Å². The molecule has 0 aliphatic heterocycles. The van der Waals surface area contributed by atoms with Gasteiger partial charge in [-0.1, -0.05) is 121 Å². The summed E-state index contributed by atoms with van der Waals surface area (Å²) in [7, 11) is 0. The minimum atomic E-state index is -2.04. The van der Waals surface area contributed by atoms with Gasteiger partial charge in [-0.2, -0.15) is 3.89 Å². The second-order valence-corrected chi connectivity index (χ2v) is 14.0. The lowest BCUT2D eigenvalue weighted by Crippen LogP contribution is -2.27. The largest absolute Gasteiger partial charge is 0.340 e. The van der Waals surface area contributed by atoms with Gasteiger partial charge in [0.2, 0.25) is 0 Å². The highest BCUT2D eigenvalue weighted by Gasteiger charge is 2.26. The van der Waals surface area contributed by atoms with Gasteiger partial charge in [-0.25, -0.2) is 17.6 Å². The first-order valence-electron chi connectivity index (χ1n) is 17.7. The van der Waals surface area contributed by atoms with Crippen LogP contribution >= 0.6 is 23.7 Å². The topological polar surface area (TPSA) is 29.3 Å². The first-order valence-corrected chi connectivity index (χ1v) is 18.8. The predicted octanol–water partition coefficient (Wildman–Crippen LogP) is 13.0. The molecule has 0 heterocycles. The van der Waals surface area contributed by atoms with E-state index in [1.54, 1.807) is 12.1 Å². The highest BCUT2D eigenvalue weighted by molar-refractivity contribution is 7.94. The lowest BCUT2D eigenvalue weighted by atomic mass is 9.95. The molecule has 9 heteroatoms. The predicted molar refractivity (Wildman–Crippen MR) is 205 cm³/mol. The van der Waals surface area contributed by atoms with Crippen molar-refractivity contribution < 1.29 is 21.4 Å². The Hall–Kier alpha value is -3.33. The number of nitrogens with zero attached hydrogens (tertiary/aromatic N) is 1. The summed E-state index contributed by atoms with van der Waals surface area (Å²) in [6.07, 6.45) is 7.74. The number of benzene rings is 4. The number of hydrogen-bond acceptors (Lipinski definition) is 3. The Morgan fingerprint density at radius 3 is 1.94 bits per heavy atom. The van der Waals surface area contributed by atoms with Gasteiger partial charge in [-0.15, -0.1) is 0 Å². The van der Waals surface area contributed by atoms with Gasteiger partial charge in [0.05, 0.1) is 17.0 Å². The Balaban J connectivity index is 0.000000302. The highest BCUT2D eigenvalue weighted by Crippen LogP contribution is 2.35. The van der Waals surface area contributed by atoms with Crippen LogP contribution in [0.3, 0.4) is 0 Å². The molecule has 0 spiro atoms. The van der Waals surface area contributed by atoms with Crippen molar-refractivity contribution in [2.45, 2.75) is 103 Å². The van der Waals surface area contributed by atoms with Crippen LogP contribution in [-0.4, -0.2) is 6.54 Å². The summed E-state index contributed by atoms with van der Waals surface area (Å²) in [5.41, 5.74) is 15.2. The number of anilines is 1. The summed E-state index contributed by atoms with van der Waals surface area (Å²) < 4.78 is 66.1. The number of halogens is 6. The molecule has 0 bridgehead atoms. The summed E-state index contributed by atoms with van der Waals surface area (Å²) in [6.45, 7) is 16.9. The number of unbranched alkanes of at least 4 members (excludes halogenated alkanes) is 1. The molecule has 0 unspecified atom stereocenters. The van der Waals surface area contributed by atoms with Crippen molar-refractivity contribution in [3.05, 3.63) is 140 Å². The van der Waals surface area contributed by atoms with E-state index in [-0.39, 0.29) is 11.4 Å². The number of nitrogens with two attached hydrogens (primary N) is 1. The van der Waals surface area contributed by atoms with Gasteiger partial charge in [0.1, 0.15) is 0 Å². The summed E-state index contributed by atoms with van der Waals surface area (Å²) >= 11 is 5.17. The molecule has 0 fully saturated rings. The Kier molecular flexibility index (Phi) is 17.0. The fraction of sp³-hybridized carbons (Fsp3) is 0.381. The third-order valence-corrected chi connectivity index (χ3v) is 9.68. The van der Waals surface area contributed by atoms with Crippen LogP contribution in [0, 0.1) is 23.3 Å². The maximum absolute atomic E-state index is 13.7. The first kappa shape index (κ1) is 42.1. The van der Waals surface area contributed by atoms with Crippen LogP contribution in [0.15, 0.2) is 77.8 Å². The van der Waals surface area contributed by atoms with Gasteiger partial charge < -0.3 is 10.6 Å². The second kappa shape index (κ2) is 20.6. The van der Waals surface area contributed by atoms with E-state index < -0.39 is 45.9 Å². The van der Waals surface area contributed by atoms with Crippen molar-refractivity contribution in [3.8, 4) is 0 Å². The molecule has 276 valence electrons. The van der Waals surface area contributed by atoms with Gasteiger partial charge >= 0.3 is 0 Å². The molecule has 0 aliphatic carbocycles. The molecule has 4 rings (SSSR count). The molecular formula is C42H50ClF5N2S. The lowest BCUT2D eigenvalue weighted by molar-refractivity contribution is 0.392. The molecule has 0 atom stereocenters. The molecule has 0 aliphatic rings. The van der Waals surface area contributed by atoms with Crippen LogP contribution in [0.25, 0.3) is 0 Å². The molecule has 0 saturated carbocycles. The normalized spacial score (nSPS) is 11.1. The molecule has 0 amide bonds. The van der Waals surface area contributed by atoms with Crippen molar-refractivity contribution in [2.24, 2.45) is 5.73 Å². The van der Waals surface area contributed by atoms with Crippen molar-refractivity contribution >= 4 is 29.4 Å². The van der Waals surface area contributed by atoms with Crippen LogP contribution in [-0.2, 0) is 32.2 Å². The zero-order chi connectivity index (χ0) is 37.7. The zero-order valence-corrected chi connectivity index (χ0v) is 31.9. The summed E-state index contributed by atoms with van der Waals surface area (Å²) in [6, 6.07) is 20.3. The van der Waals surface area contributed by atoms with E-state index in [0.717, 1.165) is 31.5 Å². The van der Waals surface area contributed by atoms with E-state index in [0.29, 0.717) is 18.0 Å². The van der Waals surface area contributed by atoms with Crippen molar-refractivity contribution in [3.63, 3.8) is 0 Å². The van der Waals surface area contributed by atoms with Crippen LogP contribution in [0.5, 0.6) is 0 Å². The zero-order valence-electron chi connectivity index (χ0n) is 30.3. The van der Waals surface area contributed by atoms with E-state index in [2.05, 4.69) is 82.5 Å². The van der Waals surface area contributed by atoms with E-state index in [1.165, 1.54) is 71.3 Å². The minimum Gasteiger partial charge on any atom is -0.340 e. The Bertz CT molecular complexity index is 1740. The maximum Gasteiger partial charge on any atom is 0.198 e. The molecule has 0 radical (unpaired) electrons. The second-order valence-electron chi connectivity index (χ2n) is 13.1. The number of rotatable bonds is 16. The van der Waals surface area contributed by atoms with Crippen molar-refractivity contribution in [1.82, 2.24) is 0 Å². The standard InChI is InChI=1S/C29H44N2.C13H6ClF5S/c1-7-10-13-28-19-27(22(4)5)14-15-29(28)31(23(6)20-30)21-26-17-24(11-8-2)16-25(18-26)12-9-3;14-8-4-2-1-3-6(8)5-7-9(15)10(16)11(17)12(18)13(7)20-19/h14-19,22H,6-13,20-21,30H2,1-5H3;1-4H,5H2. The first-order chi connectivity index (χ1) is 24.4. The average Bonchev–Trinajstić information content (AvgIpc) is 3.12. The number of aryl methyl sites for hydroxylation is 3. The number of hydrogen-bond donors (Lipinski definition) is 1. The Labute approximate surface area is 310 Å². The maximum atomic E-state index is 13.7. The molecule has 2 N–H and O–H groups in total. The van der Waals surface area contributed by atoms with E-state index in [4.69, 9.17) is 17.3 Å². The third-order valence-electron chi connectivity index (χ3n) is 8.73. The minimum absolute atomic E-state index is 0.229. The lowest BCUT2D eigenvalue weighted by Gasteiger charge is -2.30. The fourth-order valence-corrected chi connectivity index (χ4v) is 6.59. The van der Waals surface area contributed by atoms with Gasteiger partial charge in [0.15, 0.2) is 23.3 Å². The van der Waals surface area contributed by atoms with Crippen LogP contribution in [0.2, 0.25) is 5.02 Å². The van der Waals surface area contributed by atoms with E-state index in [1.807, 2.05) is 0 Å². The molecule has 0 saturated heterocycles.